The summed E-state index contributed by atoms with van der Waals surface area (Å²) in [5.41, 5.74) is 3.98. The number of amides is 1. The van der Waals surface area contributed by atoms with Crippen molar-refractivity contribution in [1.29, 1.82) is 0 Å². The van der Waals surface area contributed by atoms with Crippen molar-refractivity contribution in [3.05, 3.63) is 29.1 Å². The number of rotatable bonds is 3. The molecule has 0 aliphatic carbocycles. The topological polar surface area (TPSA) is 54.0 Å². The monoisotopic (exact) mass is 287 g/mol. The molecule has 0 radical (unpaired) electrons. The third-order valence-electron chi connectivity index (χ3n) is 3.38. The third kappa shape index (κ3) is 2.29. The highest BCUT2D eigenvalue weighted by Crippen LogP contribution is 2.36. The van der Waals surface area contributed by atoms with Crippen LogP contribution in [-0.2, 0) is 4.79 Å². The van der Waals surface area contributed by atoms with Crippen LogP contribution in [0.25, 0.3) is 11.3 Å². The van der Waals surface area contributed by atoms with Crippen LogP contribution in [0.2, 0.25) is 0 Å². The minimum atomic E-state index is -0.0863. The highest BCUT2D eigenvalue weighted by molar-refractivity contribution is 7.14. The van der Waals surface area contributed by atoms with Gasteiger partial charge in [0.1, 0.15) is 0 Å². The summed E-state index contributed by atoms with van der Waals surface area (Å²) < 4.78 is 0. The van der Waals surface area contributed by atoms with Gasteiger partial charge in [0.25, 0.3) is 0 Å². The molecule has 20 heavy (non-hydrogen) atoms. The van der Waals surface area contributed by atoms with Crippen molar-refractivity contribution in [1.82, 2.24) is 4.98 Å². The fourth-order valence-electron chi connectivity index (χ4n) is 2.30. The van der Waals surface area contributed by atoms with E-state index < -0.39 is 0 Å². The molecule has 3 rings (SSSR count). The molecule has 1 aromatic heterocycles. The Hall–Kier alpha value is -1.88. The summed E-state index contributed by atoms with van der Waals surface area (Å²) >= 11 is 1.60. The molecule has 2 heterocycles. The Kier molecular flexibility index (Phi) is 3.22. The Morgan fingerprint density at radius 1 is 1.40 bits per heavy atom. The number of carbonyl (C=O) groups excluding carboxylic acids is 1. The van der Waals surface area contributed by atoms with E-state index in [1.54, 1.807) is 11.3 Å². The van der Waals surface area contributed by atoms with Gasteiger partial charge in [-0.2, -0.15) is 0 Å². The SMILES string of the molecule is CC(C)Nc1nc(-c2ccc3c(c2)[C@H](C)C(=O)N3)cs1. The first kappa shape index (κ1) is 13.1. The van der Waals surface area contributed by atoms with E-state index in [-0.39, 0.29) is 11.8 Å². The molecule has 0 saturated carbocycles. The van der Waals surface area contributed by atoms with E-state index in [2.05, 4.69) is 35.5 Å². The van der Waals surface area contributed by atoms with E-state index in [4.69, 9.17) is 0 Å². The Morgan fingerprint density at radius 2 is 2.20 bits per heavy atom. The lowest BCUT2D eigenvalue weighted by atomic mass is 10.00. The second-order valence-electron chi connectivity index (χ2n) is 5.35. The molecule has 0 fully saturated rings. The van der Waals surface area contributed by atoms with Crippen LogP contribution in [0.1, 0.15) is 32.3 Å². The zero-order valence-corrected chi connectivity index (χ0v) is 12.5. The summed E-state index contributed by atoms with van der Waals surface area (Å²) in [6.45, 7) is 6.11. The molecular formula is C15H17N3OS. The smallest absolute Gasteiger partial charge is 0.231 e. The van der Waals surface area contributed by atoms with Gasteiger partial charge in [0, 0.05) is 22.7 Å². The molecular weight excluding hydrogens is 270 g/mol. The molecule has 5 heteroatoms. The third-order valence-corrected chi connectivity index (χ3v) is 4.15. The molecule has 2 N–H and O–H groups in total. The van der Waals surface area contributed by atoms with Crippen LogP contribution in [0.5, 0.6) is 0 Å². The van der Waals surface area contributed by atoms with Crippen LogP contribution >= 0.6 is 11.3 Å². The summed E-state index contributed by atoms with van der Waals surface area (Å²) in [7, 11) is 0. The maximum Gasteiger partial charge on any atom is 0.231 e. The van der Waals surface area contributed by atoms with Gasteiger partial charge in [0.15, 0.2) is 5.13 Å². The molecule has 0 bridgehead atoms. The highest BCUT2D eigenvalue weighted by atomic mass is 32.1. The van der Waals surface area contributed by atoms with Gasteiger partial charge in [-0.05, 0) is 38.5 Å². The summed E-state index contributed by atoms with van der Waals surface area (Å²) in [5, 5.41) is 9.16. The van der Waals surface area contributed by atoms with E-state index in [0.29, 0.717) is 6.04 Å². The lowest BCUT2D eigenvalue weighted by molar-refractivity contribution is -0.116. The molecule has 0 unspecified atom stereocenters. The summed E-state index contributed by atoms with van der Waals surface area (Å²) in [6, 6.07) is 6.40. The highest BCUT2D eigenvalue weighted by Gasteiger charge is 2.26. The average Bonchev–Trinajstić information content (AvgIpc) is 2.95. The first-order valence-corrected chi connectivity index (χ1v) is 7.60. The van der Waals surface area contributed by atoms with Gasteiger partial charge in [-0.3, -0.25) is 4.79 Å². The van der Waals surface area contributed by atoms with Gasteiger partial charge in [0.2, 0.25) is 5.91 Å². The zero-order chi connectivity index (χ0) is 14.3. The van der Waals surface area contributed by atoms with Crippen molar-refractivity contribution >= 4 is 28.1 Å². The predicted octanol–water partition coefficient (Wildman–Crippen LogP) is 3.69. The van der Waals surface area contributed by atoms with E-state index in [9.17, 15) is 4.79 Å². The standard InChI is InChI=1S/C15H17N3OS/c1-8(2)16-15-18-13(7-20-15)10-4-5-12-11(6-10)9(3)14(19)17-12/h4-9H,1-3H3,(H,16,18)(H,17,19)/t9-/m0/s1. The van der Waals surface area contributed by atoms with Crippen LogP contribution < -0.4 is 10.6 Å². The minimum Gasteiger partial charge on any atom is -0.359 e. The van der Waals surface area contributed by atoms with Gasteiger partial charge in [-0.1, -0.05) is 6.07 Å². The number of carbonyl (C=O) groups is 1. The summed E-state index contributed by atoms with van der Waals surface area (Å²) in [5.74, 6) is -0.0190. The maximum atomic E-state index is 11.7. The van der Waals surface area contributed by atoms with Crippen molar-refractivity contribution in [2.45, 2.75) is 32.7 Å². The van der Waals surface area contributed by atoms with E-state index in [1.807, 2.05) is 24.4 Å². The van der Waals surface area contributed by atoms with Crippen LogP contribution in [0, 0.1) is 0 Å². The largest absolute Gasteiger partial charge is 0.359 e. The van der Waals surface area contributed by atoms with Crippen molar-refractivity contribution in [3.63, 3.8) is 0 Å². The van der Waals surface area contributed by atoms with Gasteiger partial charge in [-0.15, -0.1) is 11.3 Å². The van der Waals surface area contributed by atoms with Gasteiger partial charge in [0.05, 0.1) is 11.6 Å². The van der Waals surface area contributed by atoms with Crippen LogP contribution in [0.4, 0.5) is 10.8 Å². The molecule has 1 atom stereocenters. The van der Waals surface area contributed by atoms with E-state index >= 15 is 0 Å². The molecule has 4 nitrogen and oxygen atoms in total. The second-order valence-corrected chi connectivity index (χ2v) is 6.21. The minimum absolute atomic E-state index is 0.0672. The van der Waals surface area contributed by atoms with Crippen molar-refractivity contribution in [2.75, 3.05) is 10.6 Å². The van der Waals surface area contributed by atoms with Gasteiger partial charge in [-0.25, -0.2) is 4.98 Å². The quantitative estimate of drug-likeness (QED) is 0.905. The maximum absolute atomic E-state index is 11.7. The first-order valence-electron chi connectivity index (χ1n) is 6.72. The number of anilines is 2. The number of fused-ring (bicyclic) bond motifs is 1. The van der Waals surface area contributed by atoms with Gasteiger partial charge < -0.3 is 10.6 Å². The molecule has 1 amide bonds. The van der Waals surface area contributed by atoms with Crippen LogP contribution in [0.15, 0.2) is 23.6 Å². The second kappa shape index (κ2) is 4.90. The summed E-state index contributed by atoms with van der Waals surface area (Å²) in [4.78, 5) is 16.3. The lowest BCUT2D eigenvalue weighted by Gasteiger charge is -2.05. The number of benzene rings is 1. The molecule has 1 aromatic carbocycles. The Bertz CT molecular complexity index is 663. The number of thiazole rings is 1. The lowest BCUT2D eigenvalue weighted by Crippen LogP contribution is -2.08. The first-order chi connectivity index (χ1) is 9.54. The van der Waals surface area contributed by atoms with Crippen molar-refractivity contribution in [2.24, 2.45) is 0 Å². The Morgan fingerprint density at radius 3 is 2.95 bits per heavy atom. The Labute approximate surface area is 122 Å². The summed E-state index contributed by atoms with van der Waals surface area (Å²) in [6.07, 6.45) is 0. The van der Waals surface area contributed by atoms with Crippen LogP contribution in [0.3, 0.4) is 0 Å². The van der Waals surface area contributed by atoms with Crippen LogP contribution in [-0.4, -0.2) is 16.9 Å². The normalized spacial score (nSPS) is 17.2. The molecule has 0 saturated heterocycles. The predicted molar refractivity (Wildman–Crippen MR) is 83.4 cm³/mol. The molecule has 0 spiro atoms. The zero-order valence-electron chi connectivity index (χ0n) is 11.7. The number of aromatic nitrogens is 1. The molecule has 1 aliphatic heterocycles. The van der Waals surface area contributed by atoms with E-state index in [0.717, 1.165) is 27.6 Å². The van der Waals surface area contributed by atoms with E-state index in [1.165, 1.54) is 0 Å². The van der Waals surface area contributed by atoms with Crippen molar-refractivity contribution < 1.29 is 4.79 Å². The van der Waals surface area contributed by atoms with Crippen molar-refractivity contribution in [3.8, 4) is 11.3 Å². The number of nitrogens with one attached hydrogen (secondary N) is 2. The number of hydrogen-bond donors (Lipinski definition) is 2. The fourth-order valence-corrected chi connectivity index (χ4v) is 3.16. The van der Waals surface area contributed by atoms with Gasteiger partial charge >= 0.3 is 0 Å². The Balaban J connectivity index is 1.92. The fraction of sp³-hybridized carbons (Fsp3) is 0.333. The number of nitrogens with zero attached hydrogens (tertiary/aromatic N) is 1. The number of hydrogen-bond acceptors (Lipinski definition) is 4. The molecule has 104 valence electrons. The molecule has 2 aromatic rings. The average molecular weight is 287 g/mol. The molecule has 1 aliphatic rings.